The highest BCUT2D eigenvalue weighted by Crippen LogP contribution is 2.43. The Morgan fingerprint density at radius 2 is 1.78 bits per heavy atom. The van der Waals surface area contributed by atoms with Crippen LogP contribution in [0.3, 0.4) is 0 Å². The first-order chi connectivity index (χ1) is 17.9. The third-order valence-electron chi connectivity index (χ3n) is 6.48. The van der Waals surface area contributed by atoms with Crippen LogP contribution in [-0.4, -0.2) is 42.5 Å². The maximum Gasteiger partial charge on any atom is 0.290 e. The minimum Gasteiger partial charge on any atom is -0.503 e. The minimum atomic E-state index is -0.852. The molecule has 0 fully saturated rings. The van der Waals surface area contributed by atoms with E-state index in [9.17, 15) is 14.7 Å². The molecule has 1 aromatic heterocycles. The third kappa shape index (κ3) is 4.60. The zero-order valence-corrected chi connectivity index (χ0v) is 21.8. The molecule has 1 atom stereocenters. The van der Waals surface area contributed by atoms with Crippen molar-refractivity contribution < 1.29 is 28.6 Å². The number of carbonyl (C=O) groups excluding carboxylic acids is 2. The highest BCUT2D eigenvalue weighted by Gasteiger charge is 2.45. The van der Waals surface area contributed by atoms with Crippen LogP contribution in [-0.2, 0) is 11.2 Å². The summed E-state index contributed by atoms with van der Waals surface area (Å²) in [4.78, 5) is 28.6. The van der Waals surface area contributed by atoms with E-state index in [0.717, 1.165) is 21.2 Å². The van der Waals surface area contributed by atoms with E-state index in [4.69, 9.17) is 13.9 Å². The second kappa shape index (κ2) is 10.1. The lowest BCUT2D eigenvalue weighted by Gasteiger charge is -2.28. The summed E-state index contributed by atoms with van der Waals surface area (Å²) in [6, 6.07) is 20.9. The fourth-order valence-corrected chi connectivity index (χ4v) is 5.01. The van der Waals surface area contributed by atoms with E-state index < -0.39 is 23.5 Å². The number of methoxy groups -OCH3 is 2. The Morgan fingerprint density at radius 3 is 2.51 bits per heavy atom. The van der Waals surface area contributed by atoms with Gasteiger partial charge in [0.15, 0.2) is 11.5 Å². The van der Waals surface area contributed by atoms with Gasteiger partial charge in [0.2, 0.25) is 5.78 Å². The van der Waals surface area contributed by atoms with E-state index in [1.807, 2.05) is 42.5 Å². The summed E-state index contributed by atoms with van der Waals surface area (Å²) in [5.41, 5.74) is 2.07. The van der Waals surface area contributed by atoms with E-state index in [-0.39, 0.29) is 17.9 Å². The van der Waals surface area contributed by atoms with Crippen molar-refractivity contribution in [1.29, 1.82) is 0 Å². The summed E-state index contributed by atoms with van der Waals surface area (Å²) in [7, 11) is 3.13. The van der Waals surface area contributed by atoms with Gasteiger partial charge in [-0.3, -0.25) is 9.59 Å². The van der Waals surface area contributed by atoms with Crippen LogP contribution in [0.5, 0.6) is 11.5 Å². The van der Waals surface area contributed by atoms with Gasteiger partial charge in [0.05, 0.1) is 25.8 Å². The van der Waals surface area contributed by atoms with Gasteiger partial charge in [-0.25, -0.2) is 0 Å². The highest BCUT2D eigenvalue weighted by atomic mass is 79.9. The number of hydrogen-bond donors (Lipinski definition) is 1. The molecule has 2 heterocycles. The summed E-state index contributed by atoms with van der Waals surface area (Å²) in [6.45, 7) is 0.266. The second-order valence-corrected chi connectivity index (χ2v) is 9.54. The number of nitrogens with zero attached hydrogens (tertiary/aromatic N) is 1. The summed E-state index contributed by atoms with van der Waals surface area (Å²) in [5.74, 6) is -0.481. The molecule has 1 N–H and O–H groups in total. The van der Waals surface area contributed by atoms with Crippen LogP contribution in [0.1, 0.15) is 27.7 Å². The lowest BCUT2D eigenvalue weighted by Crippen LogP contribution is -2.33. The lowest BCUT2D eigenvalue weighted by atomic mass is 9.94. The molecule has 3 aromatic carbocycles. The van der Waals surface area contributed by atoms with E-state index in [0.29, 0.717) is 23.3 Å². The second-order valence-electron chi connectivity index (χ2n) is 8.63. The number of Topliss-reactive ketones (excluding diaryl/α,β-unsaturated/α-hetero) is 1. The molecule has 0 saturated carbocycles. The molecule has 1 amide bonds. The molecule has 37 heavy (non-hydrogen) atoms. The molecule has 4 aromatic rings. The fraction of sp³-hybridized carbons (Fsp3) is 0.172. The summed E-state index contributed by atoms with van der Waals surface area (Å²) in [5, 5.41) is 11.7. The Bertz CT molecular complexity index is 1520. The van der Waals surface area contributed by atoms with Gasteiger partial charge < -0.3 is 23.9 Å². The predicted octanol–water partition coefficient (Wildman–Crippen LogP) is 6.03. The SMILES string of the molecule is COc1ccc(CCN2C(=O)C(O)=C(C(=O)c3cc4cc(Br)ccc4o3)C2c2ccccc2OC)cc1. The number of fused-ring (bicyclic) bond motifs is 1. The van der Waals surface area contributed by atoms with E-state index in [2.05, 4.69) is 15.9 Å². The zero-order valence-electron chi connectivity index (χ0n) is 20.2. The van der Waals surface area contributed by atoms with Crippen LogP contribution >= 0.6 is 15.9 Å². The zero-order chi connectivity index (χ0) is 26.1. The number of aliphatic hydroxyl groups is 1. The quantitative estimate of drug-likeness (QED) is 0.264. The van der Waals surface area contributed by atoms with Gasteiger partial charge in [0.1, 0.15) is 17.1 Å². The topological polar surface area (TPSA) is 89.2 Å². The highest BCUT2D eigenvalue weighted by molar-refractivity contribution is 9.10. The van der Waals surface area contributed by atoms with E-state index in [1.54, 1.807) is 37.4 Å². The number of ketones is 1. The standard InChI is InChI=1S/C29H24BrNO6/c1-35-20-10-7-17(8-11-20)13-14-31-26(21-5-3-4-6-23(21)36-2)25(28(33)29(31)34)27(32)24-16-18-15-19(30)9-12-22(18)37-24/h3-12,15-16,26,33H,13-14H2,1-2H3. The molecule has 0 spiro atoms. The average Bonchev–Trinajstić information content (AvgIpc) is 3.45. The van der Waals surface area contributed by atoms with E-state index in [1.165, 1.54) is 12.0 Å². The molecule has 1 aliphatic heterocycles. The van der Waals surface area contributed by atoms with Crippen LogP contribution < -0.4 is 9.47 Å². The monoisotopic (exact) mass is 561 g/mol. The smallest absolute Gasteiger partial charge is 0.290 e. The van der Waals surface area contributed by atoms with Crippen LogP contribution in [0.4, 0.5) is 0 Å². The Balaban J connectivity index is 1.54. The maximum absolute atomic E-state index is 13.8. The number of halogens is 1. The number of ether oxygens (including phenoxy) is 2. The minimum absolute atomic E-state index is 0.0395. The number of aliphatic hydroxyl groups excluding tert-OH is 1. The van der Waals surface area contributed by atoms with E-state index >= 15 is 0 Å². The normalized spacial score (nSPS) is 15.5. The van der Waals surface area contributed by atoms with Gasteiger partial charge in [-0.05, 0) is 54.4 Å². The Kier molecular flexibility index (Phi) is 6.76. The van der Waals surface area contributed by atoms with Crippen molar-refractivity contribution in [2.24, 2.45) is 0 Å². The molecule has 5 rings (SSSR count). The number of carbonyl (C=O) groups is 2. The molecule has 1 aliphatic rings. The van der Waals surface area contributed by atoms with Crippen LogP contribution in [0, 0.1) is 0 Å². The third-order valence-corrected chi connectivity index (χ3v) is 6.98. The predicted molar refractivity (Wildman–Crippen MR) is 142 cm³/mol. The number of rotatable bonds is 8. The summed E-state index contributed by atoms with van der Waals surface area (Å²) in [6.07, 6.45) is 0.509. The summed E-state index contributed by atoms with van der Waals surface area (Å²) >= 11 is 3.42. The number of hydrogen-bond acceptors (Lipinski definition) is 6. The Labute approximate surface area is 222 Å². The van der Waals surface area contributed by atoms with Gasteiger partial charge in [-0.15, -0.1) is 0 Å². The van der Waals surface area contributed by atoms with Gasteiger partial charge in [-0.2, -0.15) is 0 Å². The molecule has 0 saturated heterocycles. The number of benzene rings is 3. The largest absolute Gasteiger partial charge is 0.503 e. The lowest BCUT2D eigenvalue weighted by molar-refractivity contribution is -0.129. The van der Waals surface area contributed by atoms with Crippen molar-refractivity contribution in [2.75, 3.05) is 20.8 Å². The van der Waals surface area contributed by atoms with Gasteiger partial charge in [-0.1, -0.05) is 46.3 Å². The Morgan fingerprint density at radius 1 is 1.03 bits per heavy atom. The first kappa shape index (κ1) is 24.6. The van der Waals surface area contributed by atoms with Gasteiger partial charge >= 0.3 is 0 Å². The van der Waals surface area contributed by atoms with Gasteiger partial charge in [0.25, 0.3) is 5.91 Å². The first-order valence-electron chi connectivity index (χ1n) is 11.6. The first-order valence-corrected chi connectivity index (χ1v) is 12.4. The van der Waals surface area contributed by atoms with Crippen molar-refractivity contribution >= 4 is 38.6 Å². The van der Waals surface area contributed by atoms with Crippen molar-refractivity contribution in [3.05, 3.63) is 105 Å². The number of para-hydroxylation sites is 1. The molecule has 0 bridgehead atoms. The van der Waals surface area contributed by atoms with Crippen molar-refractivity contribution in [1.82, 2.24) is 4.90 Å². The van der Waals surface area contributed by atoms with Crippen molar-refractivity contribution in [3.8, 4) is 11.5 Å². The van der Waals surface area contributed by atoms with Crippen LogP contribution in [0.2, 0.25) is 0 Å². The number of amides is 1. The van der Waals surface area contributed by atoms with Crippen LogP contribution in [0.25, 0.3) is 11.0 Å². The van der Waals surface area contributed by atoms with Crippen molar-refractivity contribution in [2.45, 2.75) is 12.5 Å². The summed E-state index contributed by atoms with van der Waals surface area (Å²) < 4.78 is 17.4. The molecule has 0 radical (unpaired) electrons. The average molecular weight is 562 g/mol. The van der Waals surface area contributed by atoms with Crippen molar-refractivity contribution in [3.63, 3.8) is 0 Å². The molecule has 188 valence electrons. The molecule has 1 unspecified atom stereocenters. The van der Waals surface area contributed by atoms with Gasteiger partial charge in [0, 0.05) is 22.0 Å². The number of furan rings is 1. The molecular weight excluding hydrogens is 538 g/mol. The molecular formula is C29H24BrNO6. The molecule has 0 aliphatic carbocycles. The van der Waals surface area contributed by atoms with Crippen LogP contribution in [0.15, 0.2) is 93.0 Å². The Hall–Kier alpha value is -4.04. The molecule has 7 nitrogen and oxygen atoms in total. The maximum atomic E-state index is 13.8. The molecule has 8 heteroatoms. The fourth-order valence-electron chi connectivity index (χ4n) is 4.63.